The first kappa shape index (κ1) is 13.8. The minimum atomic E-state index is -0.972. The summed E-state index contributed by atoms with van der Waals surface area (Å²) in [4.78, 5) is 23.7. The van der Waals surface area contributed by atoms with Crippen molar-refractivity contribution in [3.8, 4) is 0 Å². The molecule has 21 heavy (non-hydrogen) atoms. The molecule has 0 aliphatic carbocycles. The summed E-state index contributed by atoms with van der Waals surface area (Å²) in [7, 11) is 0. The highest BCUT2D eigenvalue weighted by Crippen LogP contribution is 2.17. The van der Waals surface area contributed by atoms with Crippen LogP contribution in [-0.4, -0.2) is 25.4 Å². The van der Waals surface area contributed by atoms with E-state index in [2.05, 4.69) is 5.10 Å². The van der Waals surface area contributed by atoms with E-state index in [9.17, 15) is 9.59 Å². The predicted molar refractivity (Wildman–Crippen MR) is 79.5 cm³/mol. The fraction of sp³-hybridized carbons (Fsp3) is 0.357. The van der Waals surface area contributed by atoms with Gasteiger partial charge in [-0.1, -0.05) is 0 Å². The van der Waals surface area contributed by atoms with E-state index in [1.54, 1.807) is 10.6 Å². The van der Waals surface area contributed by atoms with E-state index in [1.807, 2.05) is 11.4 Å². The molecule has 0 atom stereocenters. The van der Waals surface area contributed by atoms with E-state index in [0.29, 0.717) is 6.54 Å². The van der Waals surface area contributed by atoms with Crippen LogP contribution >= 0.6 is 11.3 Å². The van der Waals surface area contributed by atoms with Crippen LogP contribution in [-0.2, 0) is 24.3 Å². The predicted octanol–water partition coefficient (Wildman–Crippen LogP) is 1.59. The number of carboxylic acids is 1. The van der Waals surface area contributed by atoms with Crippen LogP contribution in [0.25, 0.3) is 6.08 Å². The van der Waals surface area contributed by atoms with Crippen LogP contribution in [0.1, 0.15) is 29.1 Å². The Balaban J connectivity index is 1.80. The zero-order chi connectivity index (χ0) is 14.8. The zero-order valence-corrected chi connectivity index (χ0v) is 12.2. The van der Waals surface area contributed by atoms with Crippen molar-refractivity contribution in [2.45, 2.75) is 32.4 Å². The maximum Gasteiger partial charge on any atom is 0.346 e. The minimum Gasteiger partial charge on any atom is -0.478 e. The van der Waals surface area contributed by atoms with Crippen molar-refractivity contribution in [2.24, 2.45) is 0 Å². The van der Waals surface area contributed by atoms with Gasteiger partial charge in [0.05, 0.1) is 6.54 Å². The largest absolute Gasteiger partial charge is 0.478 e. The van der Waals surface area contributed by atoms with Crippen LogP contribution in [0.15, 0.2) is 22.3 Å². The van der Waals surface area contributed by atoms with Gasteiger partial charge < -0.3 is 5.11 Å². The summed E-state index contributed by atoms with van der Waals surface area (Å²) in [5.74, 6) is -0.102. The molecule has 0 saturated carbocycles. The summed E-state index contributed by atoms with van der Waals surface area (Å²) in [6.45, 7) is 1.19. The highest BCUT2D eigenvalue weighted by molar-refractivity contribution is 7.10. The van der Waals surface area contributed by atoms with Gasteiger partial charge in [-0.05, 0) is 35.9 Å². The van der Waals surface area contributed by atoms with E-state index in [1.165, 1.54) is 16.0 Å². The molecule has 7 heteroatoms. The lowest BCUT2D eigenvalue weighted by molar-refractivity contribution is -0.131. The normalized spacial score (nSPS) is 14.5. The molecule has 6 nitrogen and oxygen atoms in total. The Hall–Kier alpha value is -2.15. The second kappa shape index (κ2) is 5.69. The molecule has 0 bridgehead atoms. The molecule has 0 fully saturated rings. The molecule has 0 amide bonds. The van der Waals surface area contributed by atoms with Gasteiger partial charge in [0.1, 0.15) is 5.82 Å². The van der Waals surface area contributed by atoms with Gasteiger partial charge in [-0.2, -0.15) is 5.10 Å². The number of fused-ring (bicyclic) bond motifs is 1. The van der Waals surface area contributed by atoms with Gasteiger partial charge in [0, 0.05) is 23.9 Å². The van der Waals surface area contributed by atoms with Crippen molar-refractivity contribution in [1.29, 1.82) is 0 Å². The lowest BCUT2D eigenvalue weighted by Gasteiger charge is -2.09. The van der Waals surface area contributed by atoms with Crippen LogP contribution in [0.2, 0.25) is 0 Å². The van der Waals surface area contributed by atoms with E-state index in [0.717, 1.165) is 48.1 Å². The molecular weight excluding hydrogens is 290 g/mol. The van der Waals surface area contributed by atoms with Crippen LogP contribution in [0.3, 0.4) is 0 Å². The lowest BCUT2D eigenvalue weighted by atomic mass is 10.2. The average Bonchev–Trinajstić information content (AvgIpc) is 3.03. The van der Waals surface area contributed by atoms with E-state index in [-0.39, 0.29) is 5.69 Å². The number of hydrogen-bond donors (Lipinski definition) is 1. The highest BCUT2D eigenvalue weighted by Gasteiger charge is 2.16. The summed E-state index contributed by atoms with van der Waals surface area (Å²) in [5.41, 5.74) is 0.773. The quantitative estimate of drug-likeness (QED) is 0.870. The Morgan fingerprint density at radius 2 is 2.33 bits per heavy atom. The van der Waals surface area contributed by atoms with Crippen LogP contribution in [0.5, 0.6) is 0 Å². The smallest absolute Gasteiger partial charge is 0.346 e. The molecule has 1 N–H and O–H groups in total. The maximum atomic E-state index is 12.2. The zero-order valence-electron chi connectivity index (χ0n) is 11.4. The van der Waals surface area contributed by atoms with Gasteiger partial charge in [-0.25, -0.2) is 14.3 Å². The second-order valence-corrected chi connectivity index (χ2v) is 5.98. The fourth-order valence-electron chi connectivity index (χ4n) is 2.43. The third-order valence-corrected chi connectivity index (χ3v) is 4.37. The molecule has 0 saturated heterocycles. The lowest BCUT2D eigenvalue weighted by Crippen LogP contribution is -2.27. The summed E-state index contributed by atoms with van der Waals surface area (Å²) in [5, 5.41) is 14.9. The van der Waals surface area contributed by atoms with Crippen LogP contribution in [0, 0.1) is 0 Å². The summed E-state index contributed by atoms with van der Waals surface area (Å²) >= 11 is 1.50. The average molecular weight is 305 g/mol. The molecule has 2 aromatic rings. The van der Waals surface area contributed by atoms with Gasteiger partial charge >= 0.3 is 11.7 Å². The molecule has 0 unspecified atom stereocenters. The standard InChI is InChI=1S/C14H15N3O3S/c18-13(19)5-4-10-7-11(21-9-10)8-17-14(20)16-6-2-1-3-12(16)15-17/h4-5,7,9H,1-3,6,8H2,(H,18,19). The number of thiophene rings is 1. The number of carbonyl (C=O) groups is 1. The van der Waals surface area contributed by atoms with Crippen LogP contribution < -0.4 is 5.69 Å². The molecular formula is C14H15N3O3S. The van der Waals surface area contributed by atoms with Crippen molar-refractivity contribution >= 4 is 23.4 Å². The number of hydrogen-bond acceptors (Lipinski definition) is 4. The summed E-state index contributed by atoms with van der Waals surface area (Å²) < 4.78 is 3.25. The number of aromatic nitrogens is 3. The van der Waals surface area contributed by atoms with Crippen molar-refractivity contribution in [2.75, 3.05) is 0 Å². The molecule has 110 valence electrons. The SMILES string of the molecule is O=C(O)C=Cc1csc(Cn2nc3n(c2=O)CCCC3)c1. The highest BCUT2D eigenvalue weighted by atomic mass is 32.1. The van der Waals surface area contributed by atoms with Crippen molar-refractivity contribution in [3.63, 3.8) is 0 Å². The molecule has 3 heterocycles. The van der Waals surface area contributed by atoms with E-state index in [4.69, 9.17) is 5.11 Å². The minimum absolute atomic E-state index is 0.0549. The first-order chi connectivity index (χ1) is 10.1. The topological polar surface area (TPSA) is 77.1 Å². The maximum absolute atomic E-state index is 12.2. The number of nitrogens with zero attached hydrogens (tertiary/aromatic N) is 3. The number of aliphatic carboxylic acids is 1. The monoisotopic (exact) mass is 305 g/mol. The summed E-state index contributed by atoms with van der Waals surface area (Å²) in [6, 6.07) is 1.88. The first-order valence-electron chi connectivity index (χ1n) is 6.78. The first-order valence-corrected chi connectivity index (χ1v) is 7.66. The Labute approximate surface area is 125 Å². The van der Waals surface area contributed by atoms with E-state index >= 15 is 0 Å². The van der Waals surface area contributed by atoms with Gasteiger partial charge in [-0.15, -0.1) is 11.3 Å². The van der Waals surface area contributed by atoms with Crippen molar-refractivity contribution < 1.29 is 9.90 Å². The second-order valence-electron chi connectivity index (χ2n) is 4.98. The number of carboxylic acid groups (broad SMARTS) is 1. The molecule has 1 aliphatic rings. The summed E-state index contributed by atoms with van der Waals surface area (Å²) in [6.07, 6.45) is 5.62. The molecule has 0 radical (unpaired) electrons. The Morgan fingerprint density at radius 3 is 3.10 bits per heavy atom. The number of rotatable bonds is 4. The Morgan fingerprint density at radius 1 is 1.48 bits per heavy atom. The van der Waals surface area contributed by atoms with Crippen molar-refractivity contribution in [3.05, 3.63) is 44.3 Å². The third kappa shape index (κ3) is 2.97. The van der Waals surface area contributed by atoms with Crippen LogP contribution in [0.4, 0.5) is 0 Å². The molecule has 0 aromatic carbocycles. The Bertz CT molecular complexity index is 754. The third-order valence-electron chi connectivity index (χ3n) is 3.43. The number of aryl methyl sites for hydroxylation is 1. The van der Waals surface area contributed by atoms with Gasteiger partial charge in [0.25, 0.3) is 0 Å². The molecule has 2 aromatic heterocycles. The van der Waals surface area contributed by atoms with Crippen molar-refractivity contribution in [1.82, 2.24) is 14.3 Å². The molecule has 3 rings (SSSR count). The van der Waals surface area contributed by atoms with Gasteiger partial charge in [-0.3, -0.25) is 4.57 Å². The van der Waals surface area contributed by atoms with E-state index < -0.39 is 5.97 Å². The van der Waals surface area contributed by atoms with Gasteiger partial charge in [0.2, 0.25) is 0 Å². The fourth-order valence-corrected chi connectivity index (χ4v) is 3.27. The molecule has 0 spiro atoms. The van der Waals surface area contributed by atoms with Gasteiger partial charge in [0.15, 0.2) is 0 Å². The Kier molecular flexibility index (Phi) is 3.74. The molecule has 1 aliphatic heterocycles.